The van der Waals surface area contributed by atoms with Crippen molar-refractivity contribution < 1.29 is 4.79 Å². The SMILES string of the molecule is Cc1ccc2cc(C(=O)c3cc(Cl)cc(Cl)c3)ccc2n1. The number of ketones is 1. The van der Waals surface area contributed by atoms with Crippen LogP contribution in [-0.2, 0) is 0 Å². The summed E-state index contributed by atoms with van der Waals surface area (Å²) in [5.74, 6) is -0.109. The number of hydrogen-bond donors (Lipinski definition) is 0. The molecular formula is C17H11Cl2NO. The van der Waals surface area contributed by atoms with Gasteiger partial charge in [0.05, 0.1) is 5.52 Å². The number of hydrogen-bond acceptors (Lipinski definition) is 2. The van der Waals surface area contributed by atoms with E-state index in [2.05, 4.69) is 4.98 Å². The second kappa shape index (κ2) is 5.47. The molecule has 0 aliphatic rings. The second-order valence-electron chi connectivity index (χ2n) is 4.85. The zero-order chi connectivity index (χ0) is 15.0. The minimum absolute atomic E-state index is 0.109. The minimum atomic E-state index is -0.109. The molecule has 0 saturated heterocycles. The van der Waals surface area contributed by atoms with Crippen molar-refractivity contribution >= 4 is 39.9 Å². The third-order valence-electron chi connectivity index (χ3n) is 3.22. The molecule has 0 spiro atoms. The lowest BCUT2D eigenvalue weighted by Gasteiger charge is -2.05. The standard InChI is InChI=1S/C17H11Cl2NO/c1-10-2-3-11-6-12(4-5-16(11)20-10)17(21)13-7-14(18)9-15(19)8-13/h2-9H,1H3. The molecule has 0 amide bonds. The van der Waals surface area contributed by atoms with Gasteiger partial charge in [0.2, 0.25) is 0 Å². The average Bonchev–Trinajstić information content (AvgIpc) is 2.45. The maximum Gasteiger partial charge on any atom is 0.193 e. The van der Waals surface area contributed by atoms with E-state index in [1.54, 1.807) is 24.3 Å². The van der Waals surface area contributed by atoms with Crippen molar-refractivity contribution in [3.63, 3.8) is 0 Å². The van der Waals surface area contributed by atoms with Crippen molar-refractivity contribution in [3.05, 3.63) is 75.4 Å². The fraction of sp³-hybridized carbons (Fsp3) is 0.0588. The lowest BCUT2D eigenvalue weighted by molar-refractivity contribution is 0.103. The molecule has 4 heteroatoms. The topological polar surface area (TPSA) is 30.0 Å². The van der Waals surface area contributed by atoms with Crippen LogP contribution in [0.3, 0.4) is 0 Å². The third-order valence-corrected chi connectivity index (χ3v) is 3.65. The molecule has 0 radical (unpaired) electrons. The van der Waals surface area contributed by atoms with Gasteiger partial charge >= 0.3 is 0 Å². The Balaban J connectivity index is 2.07. The predicted molar refractivity (Wildman–Crippen MR) is 86.4 cm³/mol. The van der Waals surface area contributed by atoms with Crippen LogP contribution in [0.15, 0.2) is 48.5 Å². The van der Waals surface area contributed by atoms with Gasteiger partial charge in [0, 0.05) is 32.3 Å². The number of fused-ring (bicyclic) bond motifs is 1. The summed E-state index contributed by atoms with van der Waals surface area (Å²) >= 11 is 11.9. The summed E-state index contributed by atoms with van der Waals surface area (Å²) in [5, 5.41) is 1.83. The highest BCUT2D eigenvalue weighted by Gasteiger charge is 2.11. The van der Waals surface area contributed by atoms with Crippen LogP contribution < -0.4 is 0 Å². The van der Waals surface area contributed by atoms with Crippen LogP contribution in [0.1, 0.15) is 21.6 Å². The number of aryl methyl sites for hydroxylation is 1. The Morgan fingerprint density at radius 1 is 0.905 bits per heavy atom. The lowest BCUT2D eigenvalue weighted by atomic mass is 10.0. The Morgan fingerprint density at radius 2 is 1.62 bits per heavy atom. The van der Waals surface area contributed by atoms with Crippen LogP contribution in [0, 0.1) is 6.92 Å². The number of carbonyl (C=O) groups is 1. The van der Waals surface area contributed by atoms with Gasteiger partial charge in [-0.25, -0.2) is 0 Å². The number of aromatic nitrogens is 1. The Kier molecular flexibility index (Phi) is 3.66. The van der Waals surface area contributed by atoms with Gasteiger partial charge in [0.25, 0.3) is 0 Å². The highest BCUT2D eigenvalue weighted by atomic mass is 35.5. The minimum Gasteiger partial charge on any atom is -0.289 e. The number of halogens is 2. The summed E-state index contributed by atoms with van der Waals surface area (Å²) in [5.41, 5.74) is 2.89. The summed E-state index contributed by atoms with van der Waals surface area (Å²) in [6, 6.07) is 14.2. The molecule has 3 rings (SSSR count). The van der Waals surface area contributed by atoms with Gasteiger partial charge in [-0.05, 0) is 49.4 Å². The van der Waals surface area contributed by atoms with Crippen molar-refractivity contribution in [3.8, 4) is 0 Å². The van der Waals surface area contributed by atoms with E-state index in [1.807, 2.05) is 31.2 Å². The monoisotopic (exact) mass is 315 g/mol. The maximum atomic E-state index is 12.5. The molecule has 0 aliphatic heterocycles. The molecule has 21 heavy (non-hydrogen) atoms. The molecule has 3 aromatic rings. The number of carbonyl (C=O) groups excluding carboxylic acids is 1. The van der Waals surface area contributed by atoms with Crippen LogP contribution in [0.5, 0.6) is 0 Å². The smallest absolute Gasteiger partial charge is 0.193 e. The molecule has 0 saturated carbocycles. The van der Waals surface area contributed by atoms with Gasteiger partial charge in [0.1, 0.15) is 0 Å². The van der Waals surface area contributed by atoms with Crippen LogP contribution >= 0.6 is 23.2 Å². The van der Waals surface area contributed by atoms with E-state index in [0.717, 1.165) is 16.6 Å². The van der Waals surface area contributed by atoms with Crippen molar-refractivity contribution in [1.29, 1.82) is 0 Å². The second-order valence-corrected chi connectivity index (χ2v) is 5.72. The summed E-state index contributed by atoms with van der Waals surface area (Å²) in [4.78, 5) is 16.9. The highest BCUT2D eigenvalue weighted by molar-refractivity contribution is 6.35. The zero-order valence-electron chi connectivity index (χ0n) is 11.2. The Morgan fingerprint density at radius 3 is 2.33 bits per heavy atom. The van der Waals surface area contributed by atoms with Crippen molar-refractivity contribution in [2.24, 2.45) is 0 Å². The van der Waals surface area contributed by atoms with E-state index in [-0.39, 0.29) is 5.78 Å². The van der Waals surface area contributed by atoms with Gasteiger partial charge in [-0.3, -0.25) is 9.78 Å². The molecular weight excluding hydrogens is 305 g/mol. The van der Waals surface area contributed by atoms with Crippen molar-refractivity contribution in [1.82, 2.24) is 4.98 Å². The molecule has 0 atom stereocenters. The van der Waals surface area contributed by atoms with E-state index in [4.69, 9.17) is 23.2 Å². The number of rotatable bonds is 2. The van der Waals surface area contributed by atoms with E-state index in [1.165, 1.54) is 0 Å². The highest BCUT2D eigenvalue weighted by Crippen LogP contribution is 2.23. The number of nitrogens with zero attached hydrogens (tertiary/aromatic N) is 1. The maximum absolute atomic E-state index is 12.5. The first-order valence-electron chi connectivity index (χ1n) is 6.41. The van der Waals surface area contributed by atoms with Gasteiger partial charge in [-0.15, -0.1) is 0 Å². The molecule has 104 valence electrons. The van der Waals surface area contributed by atoms with Crippen LogP contribution in [0.2, 0.25) is 10.0 Å². The van der Waals surface area contributed by atoms with Gasteiger partial charge < -0.3 is 0 Å². The van der Waals surface area contributed by atoms with E-state index in [0.29, 0.717) is 21.2 Å². The Bertz CT molecular complexity index is 838. The largest absolute Gasteiger partial charge is 0.289 e. The van der Waals surface area contributed by atoms with Crippen LogP contribution in [0.4, 0.5) is 0 Å². The molecule has 0 bridgehead atoms. The fourth-order valence-electron chi connectivity index (χ4n) is 2.22. The van der Waals surface area contributed by atoms with E-state index < -0.39 is 0 Å². The fourth-order valence-corrected chi connectivity index (χ4v) is 2.75. The lowest BCUT2D eigenvalue weighted by Crippen LogP contribution is -2.01. The first-order valence-corrected chi connectivity index (χ1v) is 7.17. The predicted octanol–water partition coefficient (Wildman–Crippen LogP) is 5.08. The summed E-state index contributed by atoms with van der Waals surface area (Å²) in [6.07, 6.45) is 0. The molecule has 0 fully saturated rings. The normalized spacial score (nSPS) is 10.8. The quantitative estimate of drug-likeness (QED) is 0.617. The van der Waals surface area contributed by atoms with Gasteiger partial charge in [-0.2, -0.15) is 0 Å². The first-order chi connectivity index (χ1) is 10.0. The number of benzene rings is 2. The van der Waals surface area contributed by atoms with Gasteiger partial charge in [0.15, 0.2) is 5.78 Å². The molecule has 2 aromatic carbocycles. The molecule has 1 aromatic heterocycles. The molecule has 1 heterocycles. The molecule has 0 unspecified atom stereocenters. The summed E-state index contributed by atoms with van der Waals surface area (Å²) in [7, 11) is 0. The van der Waals surface area contributed by atoms with Crippen LogP contribution in [-0.4, -0.2) is 10.8 Å². The van der Waals surface area contributed by atoms with Gasteiger partial charge in [-0.1, -0.05) is 29.3 Å². The summed E-state index contributed by atoms with van der Waals surface area (Å²) in [6.45, 7) is 1.94. The van der Waals surface area contributed by atoms with E-state index >= 15 is 0 Å². The Hall–Kier alpha value is -1.90. The Labute approximate surface area is 132 Å². The zero-order valence-corrected chi connectivity index (χ0v) is 12.7. The number of pyridine rings is 1. The van der Waals surface area contributed by atoms with E-state index in [9.17, 15) is 4.79 Å². The first kappa shape index (κ1) is 14.1. The average molecular weight is 316 g/mol. The third kappa shape index (κ3) is 2.92. The van der Waals surface area contributed by atoms with Crippen molar-refractivity contribution in [2.75, 3.05) is 0 Å². The molecule has 2 nitrogen and oxygen atoms in total. The molecule has 0 aliphatic carbocycles. The summed E-state index contributed by atoms with van der Waals surface area (Å²) < 4.78 is 0. The van der Waals surface area contributed by atoms with Crippen molar-refractivity contribution in [2.45, 2.75) is 6.92 Å². The molecule has 0 N–H and O–H groups in total. The van der Waals surface area contributed by atoms with Crippen LogP contribution in [0.25, 0.3) is 10.9 Å².